The summed E-state index contributed by atoms with van der Waals surface area (Å²) in [7, 11) is 0. The molecule has 1 atom stereocenters. The maximum atomic E-state index is 11.5. The molecule has 1 unspecified atom stereocenters. The highest BCUT2D eigenvalue weighted by Crippen LogP contribution is 1.99. The number of carboxylic acids is 1. The summed E-state index contributed by atoms with van der Waals surface area (Å²) in [5, 5.41) is 11.1. The molecule has 98 valence electrons. The third kappa shape index (κ3) is 4.77. The number of hydrogen-bond acceptors (Lipinski definition) is 4. The Morgan fingerprint density at radius 3 is 2.89 bits per heavy atom. The minimum atomic E-state index is -0.903. The summed E-state index contributed by atoms with van der Waals surface area (Å²) in [5.41, 5.74) is -0.494. The summed E-state index contributed by atoms with van der Waals surface area (Å²) in [4.78, 5) is 36.7. The van der Waals surface area contributed by atoms with Crippen LogP contribution in [0.15, 0.2) is 23.3 Å². The van der Waals surface area contributed by atoms with Gasteiger partial charge in [-0.3, -0.25) is 14.2 Å². The molecule has 0 spiro atoms. The summed E-state index contributed by atoms with van der Waals surface area (Å²) >= 11 is 0. The van der Waals surface area contributed by atoms with Gasteiger partial charge in [0.25, 0.3) is 0 Å². The number of aliphatic carboxylic acids is 1. The molecule has 0 aliphatic rings. The van der Waals surface area contributed by atoms with Crippen molar-refractivity contribution in [1.29, 1.82) is 0 Å². The van der Waals surface area contributed by atoms with Crippen molar-refractivity contribution in [2.75, 3.05) is 6.54 Å². The molecule has 0 radical (unpaired) electrons. The fourth-order valence-electron chi connectivity index (χ4n) is 1.38. The first kappa shape index (κ1) is 13.9. The molecule has 0 saturated carbocycles. The van der Waals surface area contributed by atoms with E-state index in [1.807, 2.05) is 0 Å². The number of hydrogen-bond donors (Lipinski definition) is 2. The zero-order valence-electron chi connectivity index (χ0n) is 10.00. The van der Waals surface area contributed by atoms with E-state index in [9.17, 15) is 14.4 Å². The van der Waals surface area contributed by atoms with Crippen LogP contribution in [0.4, 0.5) is 0 Å². The predicted octanol–water partition coefficient (Wildman–Crippen LogP) is -0.530. The molecule has 1 amide bonds. The van der Waals surface area contributed by atoms with Gasteiger partial charge < -0.3 is 10.4 Å². The number of rotatable bonds is 6. The van der Waals surface area contributed by atoms with Gasteiger partial charge in [0.2, 0.25) is 5.91 Å². The van der Waals surface area contributed by atoms with Gasteiger partial charge in [0.1, 0.15) is 6.54 Å². The number of nitrogens with zero attached hydrogens (tertiary/aromatic N) is 2. The van der Waals surface area contributed by atoms with Crippen molar-refractivity contribution in [3.05, 3.63) is 28.9 Å². The van der Waals surface area contributed by atoms with Crippen LogP contribution < -0.4 is 11.0 Å². The van der Waals surface area contributed by atoms with Gasteiger partial charge in [-0.05, 0) is 12.0 Å². The molecule has 18 heavy (non-hydrogen) atoms. The molecule has 0 saturated heterocycles. The third-order valence-electron chi connectivity index (χ3n) is 2.27. The Labute approximate surface area is 103 Å². The second kappa shape index (κ2) is 6.53. The Balaban J connectivity index is 2.41. The monoisotopic (exact) mass is 253 g/mol. The lowest BCUT2D eigenvalue weighted by Crippen LogP contribution is -2.35. The lowest BCUT2D eigenvalue weighted by Gasteiger charge is -2.10. The summed E-state index contributed by atoms with van der Waals surface area (Å²) in [6, 6.07) is 1.56. The van der Waals surface area contributed by atoms with Gasteiger partial charge >= 0.3 is 11.7 Å². The average molecular weight is 253 g/mol. The molecule has 2 N–H and O–H groups in total. The van der Waals surface area contributed by atoms with E-state index in [2.05, 4.69) is 10.3 Å². The largest absolute Gasteiger partial charge is 0.481 e. The van der Waals surface area contributed by atoms with E-state index in [0.717, 1.165) is 0 Å². The zero-order valence-corrected chi connectivity index (χ0v) is 10.00. The molecule has 1 aromatic heterocycles. The van der Waals surface area contributed by atoms with Crippen LogP contribution in [0.3, 0.4) is 0 Å². The Morgan fingerprint density at radius 1 is 1.56 bits per heavy atom. The van der Waals surface area contributed by atoms with Crippen molar-refractivity contribution in [1.82, 2.24) is 14.9 Å². The first-order chi connectivity index (χ1) is 8.49. The summed E-state index contributed by atoms with van der Waals surface area (Å²) < 4.78 is 1.18. The molecule has 1 aromatic rings. The normalized spacial score (nSPS) is 11.8. The summed E-state index contributed by atoms with van der Waals surface area (Å²) in [6.07, 6.45) is 2.81. The van der Waals surface area contributed by atoms with E-state index >= 15 is 0 Å². The van der Waals surface area contributed by atoms with Gasteiger partial charge in [-0.2, -0.15) is 0 Å². The van der Waals surface area contributed by atoms with E-state index < -0.39 is 11.7 Å². The SMILES string of the molecule is CC(CNC(=O)Cn1cccnc1=O)CC(=O)O. The molecule has 0 aliphatic heterocycles. The molecule has 0 fully saturated rings. The van der Waals surface area contributed by atoms with Crippen LogP contribution in [0.25, 0.3) is 0 Å². The fourth-order valence-corrected chi connectivity index (χ4v) is 1.38. The van der Waals surface area contributed by atoms with Crippen LogP contribution in [0.2, 0.25) is 0 Å². The standard InChI is InChI=1S/C11H15N3O4/c1-8(5-10(16)17)6-13-9(15)7-14-4-2-3-12-11(14)18/h2-4,8H,5-7H2,1H3,(H,13,15)(H,16,17). The summed E-state index contributed by atoms with van der Waals surface area (Å²) in [6.45, 7) is 1.87. The van der Waals surface area contributed by atoms with Crippen molar-refractivity contribution in [3.8, 4) is 0 Å². The topological polar surface area (TPSA) is 101 Å². The zero-order chi connectivity index (χ0) is 13.5. The van der Waals surface area contributed by atoms with E-state index in [-0.39, 0.29) is 31.3 Å². The lowest BCUT2D eigenvalue weighted by molar-refractivity contribution is -0.138. The van der Waals surface area contributed by atoms with E-state index in [4.69, 9.17) is 5.11 Å². The Bertz CT molecular complexity index is 483. The quantitative estimate of drug-likeness (QED) is 0.709. The molecule has 0 aromatic carbocycles. The minimum absolute atomic E-state index is 0.00682. The van der Waals surface area contributed by atoms with Crippen molar-refractivity contribution in [3.63, 3.8) is 0 Å². The highest BCUT2D eigenvalue weighted by atomic mass is 16.4. The Hall–Kier alpha value is -2.18. The number of carbonyl (C=O) groups excluding carboxylic acids is 1. The van der Waals surface area contributed by atoms with Crippen LogP contribution in [0.1, 0.15) is 13.3 Å². The maximum Gasteiger partial charge on any atom is 0.347 e. The van der Waals surface area contributed by atoms with Crippen molar-refractivity contribution in [2.24, 2.45) is 5.92 Å². The van der Waals surface area contributed by atoms with E-state index in [0.29, 0.717) is 0 Å². The highest BCUT2D eigenvalue weighted by molar-refractivity contribution is 5.75. The van der Waals surface area contributed by atoms with E-state index in [1.165, 1.54) is 17.0 Å². The molecule has 1 rings (SSSR count). The molecule has 0 bridgehead atoms. The highest BCUT2D eigenvalue weighted by Gasteiger charge is 2.10. The maximum absolute atomic E-state index is 11.5. The first-order valence-electron chi connectivity index (χ1n) is 5.49. The molecular weight excluding hydrogens is 238 g/mol. The summed E-state index contributed by atoms with van der Waals surface area (Å²) in [5.74, 6) is -1.40. The minimum Gasteiger partial charge on any atom is -0.481 e. The van der Waals surface area contributed by atoms with Gasteiger partial charge in [0.05, 0.1) is 0 Å². The number of nitrogens with one attached hydrogen (secondary N) is 1. The molecular formula is C11H15N3O4. The first-order valence-corrected chi connectivity index (χ1v) is 5.49. The van der Waals surface area contributed by atoms with Crippen molar-refractivity contribution < 1.29 is 14.7 Å². The second-order valence-corrected chi connectivity index (χ2v) is 4.04. The van der Waals surface area contributed by atoms with Crippen LogP contribution >= 0.6 is 0 Å². The van der Waals surface area contributed by atoms with Crippen LogP contribution in [0.5, 0.6) is 0 Å². The Morgan fingerprint density at radius 2 is 2.28 bits per heavy atom. The molecule has 1 heterocycles. The smallest absolute Gasteiger partial charge is 0.347 e. The van der Waals surface area contributed by atoms with Crippen LogP contribution in [-0.2, 0) is 16.1 Å². The van der Waals surface area contributed by atoms with Crippen LogP contribution in [-0.4, -0.2) is 33.1 Å². The van der Waals surface area contributed by atoms with Gasteiger partial charge in [-0.15, -0.1) is 0 Å². The number of amides is 1. The molecule has 0 aliphatic carbocycles. The third-order valence-corrected chi connectivity index (χ3v) is 2.27. The average Bonchev–Trinajstić information content (AvgIpc) is 2.29. The lowest BCUT2D eigenvalue weighted by atomic mass is 10.1. The van der Waals surface area contributed by atoms with Gasteiger partial charge in [-0.1, -0.05) is 6.92 Å². The molecule has 7 nitrogen and oxygen atoms in total. The van der Waals surface area contributed by atoms with Gasteiger partial charge in [0.15, 0.2) is 0 Å². The predicted molar refractivity (Wildman–Crippen MR) is 62.9 cm³/mol. The second-order valence-electron chi connectivity index (χ2n) is 4.04. The Kier molecular flexibility index (Phi) is 5.04. The number of aromatic nitrogens is 2. The van der Waals surface area contributed by atoms with Crippen molar-refractivity contribution >= 4 is 11.9 Å². The van der Waals surface area contributed by atoms with Crippen LogP contribution in [0, 0.1) is 5.92 Å². The van der Waals surface area contributed by atoms with E-state index in [1.54, 1.807) is 13.0 Å². The molecule has 7 heteroatoms. The van der Waals surface area contributed by atoms with Gasteiger partial charge in [-0.25, -0.2) is 9.78 Å². The number of carbonyl (C=O) groups is 2. The fraction of sp³-hybridized carbons (Fsp3) is 0.455. The van der Waals surface area contributed by atoms with Crippen molar-refractivity contribution in [2.45, 2.75) is 19.9 Å². The number of carboxylic acid groups (broad SMARTS) is 1. The van der Waals surface area contributed by atoms with Gasteiger partial charge in [0, 0.05) is 25.4 Å².